The third kappa shape index (κ3) is 1.80. The Labute approximate surface area is 118 Å². The summed E-state index contributed by atoms with van der Waals surface area (Å²) in [4.78, 5) is 12.6. The first kappa shape index (κ1) is 12.8. The van der Waals surface area contributed by atoms with Crippen LogP contribution in [0.5, 0.6) is 5.75 Å². The van der Waals surface area contributed by atoms with E-state index in [1.165, 1.54) is 0 Å². The number of hydrogen-bond donors (Lipinski definition) is 1. The number of carbonyl (C=O) groups excluding carboxylic acids is 1. The van der Waals surface area contributed by atoms with Crippen LogP contribution in [-0.2, 0) is 10.4 Å². The van der Waals surface area contributed by atoms with Crippen molar-refractivity contribution in [2.75, 3.05) is 0 Å². The number of ether oxygens (including phenoxy) is 1. The Kier molecular flexibility index (Phi) is 2.82. The fraction of sp³-hybridized carbons (Fsp3) is 0.312. The van der Waals surface area contributed by atoms with E-state index in [-0.39, 0.29) is 11.9 Å². The van der Waals surface area contributed by atoms with Crippen LogP contribution in [0.2, 0.25) is 0 Å². The fourth-order valence-corrected chi connectivity index (χ4v) is 2.56. The molecule has 0 fully saturated rings. The number of benzene rings is 1. The van der Waals surface area contributed by atoms with E-state index in [4.69, 9.17) is 4.74 Å². The van der Waals surface area contributed by atoms with Gasteiger partial charge in [-0.05, 0) is 45.0 Å². The summed E-state index contributed by atoms with van der Waals surface area (Å²) in [5.41, 5.74) is 0.791. The first-order chi connectivity index (χ1) is 9.52. The van der Waals surface area contributed by atoms with Gasteiger partial charge in [-0.2, -0.15) is 0 Å². The number of para-hydroxylation sites is 2. The maximum absolute atomic E-state index is 12.6. The van der Waals surface area contributed by atoms with Gasteiger partial charge in [0.2, 0.25) is 5.60 Å². The van der Waals surface area contributed by atoms with Crippen molar-refractivity contribution in [1.82, 2.24) is 9.88 Å². The predicted octanol–water partition coefficient (Wildman–Crippen LogP) is 2.61. The molecule has 1 aromatic carbocycles. The standard InChI is InChI=1S/C16H18N2O2/c1-11(2)17-15(19)16(3)14-9-6-10-18(14)12-7-4-5-8-13(12)20-16/h4-11H,1-3H3,(H,17,19). The van der Waals surface area contributed by atoms with Gasteiger partial charge in [0, 0.05) is 12.2 Å². The van der Waals surface area contributed by atoms with Crippen LogP contribution in [0.4, 0.5) is 0 Å². The van der Waals surface area contributed by atoms with Crippen LogP contribution in [-0.4, -0.2) is 16.5 Å². The van der Waals surface area contributed by atoms with E-state index in [1.807, 2.05) is 67.9 Å². The van der Waals surface area contributed by atoms with Gasteiger partial charge in [0.1, 0.15) is 5.75 Å². The molecule has 0 aliphatic carbocycles. The van der Waals surface area contributed by atoms with Crippen LogP contribution in [0.3, 0.4) is 0 Å². The van der Waals surface area contributed by atoms with Gasteiger partial charge in [-0.3, -0.25) is 4.79 Å². The Balaban J connectivity index is 2.11. The molecule has 0 radical (unpaired) electrons. The highest BCUT2D eigenvalue weighted by molar-refractivity contribution is 5.87. The van der Waals surface area contributed by atoms with E-state index in [2.05, 4.69) is 5.32 Å². The molecule has 104 valence electrons. The van der Waals surface area contributed by atoms with Crippen LogP contribution in [0.15, 0.2) is 42.6 Å². The van der Waals surface area contributed by atoms with Crippen molar-refractivity contribution in [2.45, 2.75) is 32.4 Å². The lowest BCUT2D eigenvalue weighted by Crippen LogP contribution is -2.50. The highest BCUT2D eigenvalue weighted by Crippen LogP contribution is 2.39. The van der Waals surface area contributed by atoms with E-state index in [0.29, 0.717) is 0 Å². The van der Waals surface area contributed by atoms with Crippen LogP contribution >= 0.6 is 0 Å². The number of carbonyl (C=O) groups is 1. The second-order valence-corrected chi connectivity index (χ2v) is 5.49. The molecule has 1 aromatic heterocycles. The second-order valence-electron chi connectivity index (χ2n) is 5.49. The van der Waals surface area contributed by atoms with Crippen molar-refractivity contribution in [1.29, 1.82) is 0 Å². The van der Waals surface area contributed by atoms with Crippen LogP contribution in [0, 0.1) is 0 Å². The first-order valence-corrected chi connectivity index (χ1v) is 6.79. The molecule has 0 bridgehead atoms. The molecule has 0 saturated carbocycles. The number of amides is 1. The van der Waals surface area contributed by atoms with E-state index in [1.54, 1.807) is 0 Å². The minimum absolute atomic E-state index is 0.0727. The van der Waals surface area contributed by atoms with Gasteiger partial charge in [0.25, 0.3) is 5.91 Å². The van der Waals surface area contributed by atoms with Gasteiger partial charge in [0.15, 0.2) is 0 Å². The largest absolute Gasteiger partial charge is 0.469 e. The monoisotopic (exact) mass is 270 g/mol. The van der Waals surface area contributed by atoms with Gasteiger partial charge >= 0.3 is 0 Å². The summed E-state index contributed by atoms with van der Waals surface area (Å²) in [5.74, 6) is 0.597. The zero-order valence-electron chi connectivity index (χ0n) is 11.9. The average molecular weight is 270 g/mol. The molecule has 1 amide bonds. The number of aromatic nitrogens is 1. The molecule has 4 nitrogen and oxygen atoms in total. The SMILES string of the molecule is CC(C)NC(=O)C1(C)Oc2ccccc2-n2cccc21. The molecular weight excluding hydrogens is 252 g/mol. The highest BCUT2D eigenvalue weighted by Gasteiger charge is 2.43. The zero-order valence-corrected chi connectivity index (χ0v) is 11.9. The molecule has 1 atom stereocenters. The van der Waals surface area contributed by atoms with Crippen molar-refractivity contribution in [2.24, 2.45) is 0 Å². The van der Waals surface area contributed by atoms with Gasteiger partial charge in [-0.1, -0.05) is 12.1 Å². The Morgan fingerprint density at radius 1 is 1.25 bits per heavy atom. The Bertz CT molecular complexity index is 660. The van der Waals surface area contributed by atoms with E-state index in [9.17, 15) is 4.79 Å². The van der Waals surface area contributed by atoms with Gasteiger partial charge in [-0.15, -0.1) is 0 Å². The highest BCUT2D eigenvalue weighted by atomic mass is 16.5. The minimum Gasteiger partial charge on any atom is -0.469 e. The smallest absolute Gasteiger partial charge is 0.270 e. The molecule has 20 heavy (non-hydrogen) atoms. The van der Waals surface area contributed by atoms with E-state index >= 15 is 0 Å². The molecule has 3 rings (SSSR count). The third-order valence-electron chi connectivity index (χ3n) is 3.53. The van der Waals surface area contributed by atoms with Gasteiger partial charge in [-0.25, -0.2) is 0 Å². The van der Waals surface area contributed by atoms with Crippen molar-refractivity contribution in [3.8, 4) is 11.4 Å². The third-order valence-corrected chi connectivity index (χ3v) is 3.53. The quantitative estimate of drug-likeness (QED) is 0.911. The lowest BCUT2D eigenvalue weighted by Gasteiger charge is -2.36. The molecule has 1 aliphatic heterocycles. The van der Waals surface area contributed by atoms with Crippen molar-refractivity contribution in [3.05, 3.63) is 48.3 Å². The minimum atomic E-state index is -1.01. The molecular formula is C16H18N2O2. The maximum Gasteiger partial charge on any atom is 0.270 e. The second kappa shape index (κ2) is 4.40. The normalized spacial score (nSPS) is 20.0. The summed E-state index contributed by atoms with van der Waals surface area (Å²) in [7, 11) is 0. The topological polar surface area (TPSA) is 43.3 Å². The number of rotatable bonds is 2. The number of fused-ring (bicyclic) bond motifs is 3. The van der Waals surface area contributed by atoms with Gasteiger partial charge in [0.05, 0.1) is 11.4 Å². The summed E-state index contributed by atoms with van der Waals surface area (Å²) in [5, 5.41) is 2.94. The van der Waals surface area contributed by atoms with Crippen LogP contribution in [0.1, 0.15) is 26.5 Å². The lowest BCUT2D eigenvalue weighted by molar-refractivity contribution is -0.137. The summed E-state index contributed by atoms with van der Waals surface area (Å²) >= 11 is 0. The predicted molar refractivity (Wildman–Crippen MR) is 77.0 cm³/mol. The van der Waals surface area contributed by atoms with Crippen LogP contribution < -0.4 is 10.1 Å². The zero-order chi connectivity index (χ0) is 14.3. The summed E-state index contributed by atoms with van der Waals surface area (Å²) in [6, 6.07) is 11.7. The van der Waals surface area contributed by atoms with E-state index in [0.717, 1.165) is 17.1 Å². The maximum atomic E-state index is 12.6. The summed E-state index contributed by atoms with van der Waals surface area (Å²) in [6.45, 7) is 5.70. The fourth-order valence-electron chi connectivity index (χ4n) is 2.56. The molecule has 4 heteroatoms. The van der Waals surface area contributed by atoms with E-state index < -0.39 is 5.60 Å². The Hall–Kier alpha value is -2.23. The molecule has 2 aromatic rings. The summed E-state index contributed by atoms with van der Waals surface area (Å²) in [6.07, 6.45) is 1.96. The first-order valence-electron chi connectivity index (χ1n) is 6.79. The molecule has 1 aliphatic rings. The summed E-state index contributed by atoms with van der Waals surface area (Å²) < 4.78 is 8.05. The Morgan fingerprint density at radius 2 is 2.00 bits per heavy atom. The lowest BCUT2D eigenvalue weighted by atomic mass is 9.98. The van der Waals surface area contributed by atoms with Crippen molar-refractivity contribution >= 4 is 5.91 Å². The Morgan fingerprint density at radius 3 is 2.75 bits per heavy atom. The number of nitrogens with zero attached hydrogens (tertiary/aromatic N) is 1. The average Bonchev–Trinajstić information content (AvgIpc) is 2.88. The molecule has 0 spiro atoms. The molecule has 2 heterocycles. The molecule has 1 N–H and O–H groups in total. The van der Waals surface area contributed by atoms with Crippen LogP contribution in [0.25, 0.3) is 5.69 Å². The van der Waals surface area contributed by atoms with Crippen molar-refractivity contribution < 1.29 is 9.53 Å². The number of nitrogens with one attached hydrogen (secondary N) is 1. The molecule has 0 saturated heterocycles. The molecule has 1 unspecified atom stereocenters. The number of hydrogen-bond acceptors (Lipinski definition) is 2. The van der Waals surface area contributed by atoms with Gasteiger partial charge < -0.3 is 14.6 Å². The van der Waals surface area contributed by atoms with Crippen molar-refractivity contribution in [3.63, 3.8) is 0 Å².